The molecule has 0 unspecified atom stereocenters. The van der Waals surface area contributed by atoms with Crippen LogP contribution >= 0.6 is 0 Å². The first-order valence-corrected chi connectivity index (χ1v) is 8.95. The Morgan fingerprint density at radius 2 is 1.66 bits per heavy atom. The minimum absolute atomic E-state index is 0.0359. The molecule has 1 aromatic heterocycles. The zero-order valence-electron chi connectivity index (χ0n) is 16.4. The summed E-state index contributed by atoms with van der Waals surface area (Å²) in [4.78, 5) is 37.5. The summed E-state index contributed by atoms with van der Waals surface area (Å²) in [6.45, 7) is 1.71. The largest absolute Gasteiger partial charge is 0.495 e. The smallest absolute Gasteiger partial charge is 0.268 e. The van der Waals surface area contributed by atoms with E-state index >= 15 is 0 Å². The fraction of sp³-hybridized carbons (Fsp3) is 0.136. The second-order valence-corrected chi connectivity index (χ2v) is 6.33. The summed E-state index contributed by atoms with van der Waals surface area (Å²) in [5.74, 6) is -0.222. The van der Waals surface area contributed by atoms with E-state index in [-0.39, 0.29) is 11.5 Å². The fourth-order valence-electron chi connectivity index (χ4n) is 2.96. The van der Waals surface area contributed by atoms with Gasteiger partial charge in [-0.3, -0.25) is 19.0 Å². The molecule has 0 aliphatic rings. The topological polar surface area (TPSA) is 89.4 Å². The van der Waals surface area contributed by atoms with Crippen molar-refractivity contribution in [1.29, 1.82) is 0 Å². The van der Waals surface area contributed by atoms with Gasteiger partial charge in [0.15, 0.2) is 0 Å². The number of benzene rings is 2. The number of nitrogens with one attached hydrogen (secondary N) is 2. The van der Waals surface area contributed by atoms with Crippen LogP contribution in [0.15, 0.2) is 65.6 Å². The minimum atomic E-state index is -0.524. The third-order valence-corrected chi connectivity index (χ3v) is 4.50. The van der Waals surface area contributed by atoms with E-state index in [0.29, 0.717) is 28.3 Å². The highest BCUT2D eigenvalue weighted by Crippen LogP contribution is 2.21. The van der Waals surface area contributed by atoms with Crippen molar-refractivity contribution < 1.29 is 14.3 Å². The van der Waals surface area contributed by atoms with Gasteiger partial charge < -0.3 is 15.4 Å². The quantitative estimate of drug-likeness (QED) is 0.700. The number of ether oxygens (including phenoxy) is 1. The SMILES string of the molecule is CNC(=O)c1ccc(NC(=O)c2c(C)ccn(-c3ccccc3OC)c2=O)cc1. The second-order valence-electron chi connectivity index (χ2n) is 6.33. The molecular formula is C22H21N3O4. The van der Waals surface area contributed by atoms with Crippen LogP contribution in [0.4, 0.5) is 5.69 Å². The van der Waals surface area contributed by atoms with E-state index in [0.717, 1.165) is 0 Å². The summed E-state index contributed by atoms with van der Waals surface area (Å²) < 4.78 is 6.71. The normalized spacial score (nSPS) is 10.3. The number of para-hydroxylation sites is 2. The van der Waals surface area contributed by atoms with Crippen LogP contribution in [0.25, 0.3) is 5.69 Å². The van der Waals surface area contributed by atoms with Crippen molar-refractivity contribution in [3.8, 4) is 11.4 Å². The number of hydrogen-bond donors (Lipinski definition) is 2. The van der Waals surface area contributed by atoms with Crippen LogP contribution in [0.3, 0.4) is 0 Å². The average Bonchev–Trinajstić information content (AvgIpc) is 2.74. The van der Waals surface area contributed by atoms with E-state index in [2.05, 4.69) is 10.6 Å². The molecule has 0 atom stereocenters. The van der Waals surface area contributed by atoms with Gasteiger partial charge in [-0.2, -0.15) is 0 Å². The molecular weight excluding hydrogens is 370 g/mol. The van der Waals surface area contributed by atoms with Crippen molar-refractivity contribution in [2.24, 2.45) is 0 Å². The molecule has 2 amide bonds. The van der Waals surface area contributed by atoms with Crippen molar-refractivity contribution in [2.75, 3.05) is 19.5 Å². The first-order valence-electron chi connectivity index (χ1n) is 8.95. The van der Waals surface area contributed by atoms with E-state index in [4.69, 9.17) is 4.74 Å². The predicted molar refractivity (Wildman–Crippen MR) is 111 cm³/mol. The molecule has 0 saturated carbocycles. The standard InChI is InChI=1S/C22H21N3O4/c1-14-12-13-25(17-6-4-5-7-18(17)29-3)22(28)19(14)21(27)24-16-10-8-15(9-11-16)20(26)23-2/h4-13H,1-3H3,(H,23,26)(H,24,27). The Morgan fingerprint density at radius 1 is 0.966 bits per heavy atom. The molecule has 148 valence electrons. The summed E-state index contributed by atoms with van der Waals surface area (Å²) in [5.41, 5.74) is 1.64. The van der Waals surface area contributed by atoms with E-state index in [1.807, 2.05) is 0 Å². The molecule has 1 heterocycles. The summed E-state index contributed by atoms with van der Waals surface area (Å²) in [6.07, 6.45) is 1.62. The number of amides is 2. The van der Waals surface area contributed by atoms with Crippen LogP contribution in [-0.2, 0) is 0 Å². The minimum Gasteiger partial charge on any atom is -0.495 e. The van der Waals surface area contributed by atoms with Crippen LogP contribution in [0.2, 0.25) is 0 Å². The Hall–Kier alpha value is -3.87. The number of nitrogens with zero attached hydrogens (tertiary/aromatic N) is 1. The lowest BCUT2D eigenvalue weighted by Crippen LogP contribution is -2.29. The van der Waals surface area contributed by atoms with Gasteiger partial charge in [-0.25, -0.2) is 0 Å². The zero-order valence-corrected chi connectivity index (χ0v) is 16.4. The second kappa shape index (κ2) is 8.43. The van der Waals surface area contributed by atoms with Crippen molar-refractivity contribution in [1.82, 2.24) is 9.88 Å². The Balaban J connectivity index is 1.95. The molecule has 0 aliphatic carbocycles. The molecule has 7 nitrogen and oxygen atoms in total. The number of methoxy groups -OCH3 is 1. The van der Waals surface area contributed by atoms with Crippen LogP contribution in [0.5, 0.6) is 5.75 Å². The first-order chi connectivity index (χ1) is 14.0. The van der Waals surface area contributed by atoms with Crippen molar-refractivity contribution >= 4 is 17.5 Å². The summed E-state index contributed by atoms with van der Waals surface area (Å²) in [5, 5.41) is 5.25. The molecule has 0 spiro atoms. The maximum absolute atomic E-state index is 13.1. The van der Waals surface area contributed by atoms with Gasteiger partial charge in [0.1, 0.15) is 11.3 Å². The summed E-state index contributed by atoms with van der Waals surface area (Å²) in [6, 6.07) is 15.2. The molecule has 7 heteroatoms. The van der Waals surface area contributed by atoms with Gasteiger partial charge in [-0.05, 0) is 55.0 Å². The van der Waals surface area contributed by atoms with Gasteiger partial charge >= 0.3 is 0 Å². The number of anilines is 1. The number of aromatic nitrogens is 1. The van der Waals surface area contributed by atoms with Gasteiger partial charge in [0.2, 0.25) is 0 Å². The Labute approximate surface area is 167 Å². The van der Waals surface area contributed by atoms with Crippen LogP contribution < -0.4 is 20.9 Å². The number of aryl methyl sites for hydroxylation is 1. The monoisotopic (exact) mass is 391 g/mol. The van der Waals surface area contributed by atoms with E-state index in [1.54, 1.807) is 74.8 Å². The highest BCUT2D eigenvalue weighted by atomic mass is 16.5. The van der Waals surface area contributed by atoms with Crippen molar-refractivity contribution in [2.45, 2.75) is 6.92 Å². The molecule has 2 aromatic carbocycles. The predicted octanol–water partition coefficient (Wildman–Crippen LogP) is 2.77. The molecule has 2 N–H and O–H groups in total. The molecule has 0 saturated heterocycles. The van der Waals surface area contributed by atoms with E-state index in [9.17, 15) is 14.4 Å². The molecule has 0 aliphatic heterocycles. The number of rotatable bonds is 5. The Morgan fingerprint density at radius 3 is 2.31 bits per heavy atom. The molecule has 0 bridgehead atoms. The maximum atomic E-state index is 13.1. The maximum Gasteiger partial charge on any atom is 0.268 e. The van der Waals surface area contributed by atoms with Crippen LogP contribution in [0.1, 0.15) is 26.3 Å². The summed E-state index contributed by atoms with van der Waals surface area (Å²) in [7, 11) is 3.07. The highest BCUT2D eigenvalue weighted by Gasteiger charge is 2.18. The molecule has 0 fully saturated rings. The Bertz CT molecular complexity index is 1120. The molecule has 29 heavy (non-hydrogen) atoms. The van der Waals surface area contributed by atoms with Crippen molar-refractivity contribution in [3.05, 3.63) is 87.8 Å². The number of carbonyl (C=O) groups is 2. The highest BCUT2D eigenvalue weighted by molar-refractivity contribution is 6.05. The van der Waals surface area contributed by atoms with Gasteiger partial charge in [-0.15, -0.1) is 0 Å². The lowest BCUT2D eigenvalue weighted by molar-refractivity contribution is 0.0962. The molecule has 3 rings (SSSR count). The van der Waals surface area contributed by atoms with Gasteiger partial charge in [0.25, 0.3) is 17.4 Å². The zero-order chi connectivity index (χ0) is 21.0. The third kappa shape index (κ3) is 4.03. The fourth-order valence-corrected chi connectivity index (χ4v) is 2.96. The molecule has 0 radical (unpaired) electrons. The molecule has 3 aromatic rings. The first kappa shape index (κ1) is 19.9. The average molecular weight is 391 g/mol. The van der Waals surface area contributed by atoms with Gasteiger partial charge in [-0.1, -0.05) is 12.1 Å². The number of pyridine rings is 1. The van der Waals surface area contributed by atoms with E-state index in [1.165, 1.54) is 11.7 Å². The number of hydrogen-bond acceptors (Lipinski definition) is 4. The van der Waals surface area contributed by atoms with E-state index < -0.39 is 11.5 Å². The summed E-state index contributed by atoms with van der Waals surface area (Å²) >= 11 is 0. The Kier molecular flexibility index (Phi) is 5.78. The van der Waals surface area contributed by atoms with Crippen LogP contribution in [0, 0.1) is 6.92 Å². The lowest BCUT2D eigenvalue weighted by Gasteiger charge is -2.14. The third-order valence-electron chi connectivity index (χ3n) is 4.50. The van der Waals surface area contributed by atoms with Crippen LogP contribution in [-0.4, -0.2) is 30.5 Å². The lowest BCUT2D eigenvalue weighted by atomic mass is 10.1. The van der Waals surface area contributed by atoms with Gasteiger partial charge in [0, 0.05) is 24.5 Å². The number of carbonyl (C=O) groups excluding carboxylic acids is 2. The van der Waals surface area contributed by atoms with Crippen molar-refractivity contribution in [3.63, 3.8) is 0 Å². The van der Waals surface area contributed by atoms with Gasteiger partial charge in [0.05, 0.1) is 12.8 Å².